The van der Waals surface area contributed by atoms with Crippen LogP contribution >= 0.6 is 23.2 Å². The number of hydrogen-bond acceptors (Lipinski definition) is 1. The lowest BCUT2D eigenvalue weighted by molar-refractivity contribution is 0.102. The smallest absolute Gasteiger partial charge is 0.255 e. The third-order valence-electron chi connectivity index (χ3n) is 2.67. The molecule has 0 saturated carbocycles. The van der Waals surface area contributed by atoms with Gasteiger partial charge in [-0.3, -0.25) is 4.79 Å². The monoisotopic (exact) mass is 315 g/mol. The van der Waals surface area contributed by atoms with Gasteiger partial charge in [0.25, 0.3) is 5.91 Å². The van der Waals surface area contributed by atoms with E-state index in [0.717, 1.165) is 12.1 Å². The summed E-state index contributed by atoms with van der Waals surface area (Å²) < 4.78 is 26.2. The van der Waals surface area contributed by atoms with E-state index in [9.17, 15) is 13.6 Å². The lowest BCUT2D eigenvalue weighted by Crippen LogP contribution is -2.13. The minimum atomic E-state index is -0.601. The molecule has 0 unspecified atom stereocenters. The first-order chi connectivity index (χ1) is 9.38. The van der Waals surface area contributed by atoms with Crippen molar-refractivity contribution in [2.75, 3.05) is 5.32 Å². The van der Waals surface area contributed by atoms with Crippen LogP contribution in [-0.2, 0) is 0 Å². The van der Waals surface area contributed by atoms with Crippen LogP contribution in [0.1, 0.15) is 15.9 Å². The van der Waals surface area contributed by atoms with Gasteiger partial charge in [0, 0.05) is 5.56 Å². The standard InChI is InChI=1S/C14H9Cl2F2NO/c1-7-4-8(2-3-12(7)18)14(20)19-13-10(15)5-9(17)6-11(13)16/h2-6H,1H3,(H,19,20). The average Bonchev–Trinajstić information content (AvgIpc) is 2.36. The van der Waals surface area contributed by atoms with Crippen LogP contribution in [0, 0.1) is 18.6 Å². The molecule has 0 fully saturated rings. The number of amides is 1. The van der Waals surface area contributed by atoms with Gasteiger partial charge in [-0.1, -0.05) is 23.2 Å². The molecule has 0 saturated heterocycles. The maximum atomic E-state index is 13.1. The fraction of sp³-hybridized carbons (Fsp3) is 0.0714. The predicted octanol–water partition coefficient (Wildman–Crippen LogP) is 4.83. The summed E-state index contributed by atoms with van der Waals surface area (Å²) in [6.07, 6.45) is 0. The Hall–Kier alpha value is -1.65. The molecular weight excluding hydrogens is 307 g/mol. The SMILES string of the molecule is Cc1cc(C(=O)Nc2c(Cl)cc(F)cc2Cl)ccc1F. The van der Waals surface area contributed by atoms with Crippen molar-refractivity contribution in [1.82, 2.24) is 0 Å². The number of anilines is 1. The molecule has 0 heterocycles. The van der Waals surface area contributed by atoms with Crippen LogP contribution in [0.3, 0.4) is 0 Å². The fourth-order valence-electron chi connectivity index (χ4n) is 1.63. The first-order valence-corrected chi connectivity index (χ1v) is 6.36. The summed E-state index contributed by atoms with van der Waals surface area (Å²) in [5.74, 6) is -1.52. The molecule has 0 radical (unpaired) electrons. The summed E-state index contributed by atoms with van der Waals surface area (Å²) in [5, 5.41) is 2.45. The molecule has 0 aliphatic heterocycles. The van der Waals surface area contributed by atoms with E-state index in [4.69, 9.17) is 23.2 Å². The van der Waals surface area contributed by atoms with Gasteiger partial charge in [0.1, 0.15) is 11.6 Å². The van der Waals surface area contributed by atoms with Crippen molar-refractivity contribution in [3.05, 3.63) is 63.1 Å². The number of nitrogens with one attached hydrogen (secondary N) is 1. The van der Waals surface area contributed by atoms with E-state index < -0.39 is 17.5 Å². The summed E-state index contributed by atoms with van der Waals surface area (Å²) in [5.41, 5.74) is 0.705. The summed E-state index contributed by atoms with van der Waals surface area (Å²) in [6.45, 7) is 1.55. The van der Waals surface area contributed by atoms with E-state index in [1.807, 2.05) is 0 Å². The zero-order valence-corrected chi connectivity index (χ0v) is 11.8. The van der Waals surface area contributed by atoms with E-state index in [-0.39, 0.29) is 21.3 Å². The summed E-state index contributed by atoms with van der Waals surface area (Å²) in [6, 6.07) is 6.01. The fourth-order valence-corrected chi connectivity index (χ4v) is 2.19. The number of carbonyl (C=O) groups is 1. The van der Waals surface area contributed by atoms with Crippen molar-refractivity contribution in [1.29, 1.82) is 0 Å². The number of carbonyl (C=O) groups excluding carboxylic acids is 1. The number of aryl methyl sites for hydroxylation is 1. The highest BCUT2D eigenvalue weighted by molar-refractivity contribution is 6.40. The molecule has 1 N–H and O–H groups in total. The molecule has 0 spiro atoms. The van der Waals surface area contributed by atoms with E-state index in [0.29, 0.717) is 5.56 Å². The predicted molar refractivity (Wildman–Crippen MR) is 75.5 cm³/mol. The number of rotatable bonds is 2. The van der Waals surface area contributed by atoms with Gasteiger partial charge < -0.3 is 5.32 Å². The molecular formula is C14H9Cl2F2NO. The summed E-state index contributed by atoms with van der Waals surface area (Å²) in [4.78, 5) is 12.0. The zero-order chi connectivity index (χ0) is 14.9. The second-order valence-corrected chi connectivity index (χ2v) is 4.98. The van der Waals surface area contributed by atoms with Crippen molar-refractivity contribution < 1.29 is 13.6 Å². The average molecular weight is 316 g/mol. The molecule has 2 aromatic carbocycles. The van der Waals surface area contributed by atoms with E-state index >= 15 is 0 Å². The minimum Gasteiger partial charge on any atom is -0.319 e. The lowest BCUT2D eigenvalue weighted by atomic mass is 10.1. The highest BCUT2D eigenvalue weighted by atomic mass is 35.5. The first-order valence-electron chi connectivity index (χ1n) is 5.60. The van der Waals surface area contributed by atoms with Crippen LogP contribution in [0.5, 0.6) is 0 Å². The summed E-state index contributed by atoms with van der Waals surface area (Å²) >= 11 is 11.6. The largest absolute Gasteiger partial charge is 0.319 e. The Morgan fingerprint density at radius 3 is 2.25 bits per heavy atom. The van der Waals surface area contributed by atoms with Crippen LogP contribution in [0.15, 0.2) is 30.3 Å². The highest BCUT2D eigenvalue weighted by Crippen LogP contribution is 2.31. The maximum absolute atomic E-state index is 13.1. The Morgan fingerprint density at radius 1 is 1.10 bits per heavy atom. The van der Waals surface area contributed by atoms with Crippen molar-refractivity contribution in [3.8, 4) is 0 Å². The van der Waals surface area contributed by atoms with E-state index in [1.165, 1.54) is 18.2 Å². The van der Waals surface area contributed by atoms with Crippen molar-refractivity contribution in [2.24, 2.45) is 0 Å². The quantitative estimate of drug-likeness (QED) is 0.844. The number of hydrogen-bond donors (Lipinski definition) is 1. The van der Waals surface area contributed by atoms with Crippen LogP contribution in [-0.4, -0.2) is 5.91 Å². The van der Waals surface area contributed by atoms with Crippen molar-refractivity contribution in [2.45, 2.75) is 6.92 Å². The third-order valence-corrected chi connectivity index (χ3v) is 3.26. The molecule has 0 atom stereocenters. The molecule has 0 bridgehead atoms. The molecule has 0 aromatic heterocycles. The van der Waals surface area contributed by atoms with Gasteiger partial charge in [-0.05, 0) is 42.8 Å². The zero-order valence-electron chi connectivity index (χ0n) is 10.3. The molecule has 2 aromatic rings. The Morgan fingerprint density at radius 2 is 1.70 bits per heavy atom. The molecule has 0 aliphatic rings. The van der Waals surface area contributed by atoms with Crippen LogP contribution in [0.2, 0.25) is 10.0 Å². The highest BCUT2D eigenvalue weighted by Gasteiger charge is 2.14. The van der Waals surface area contributed by atoms with Gasteiger partial charge in [0.05, 0.1) is 15.7 Å². The van der Waals surface area contributed by atoms with E-state index in [2.05, 4.69) is 5.32 Å². The molecule has 2 rings (SSSR count). The normalized spacial score (nSPS) is 10.4. The van der Waals surface area contributed by atoms with Gasteiger partial charge in [0.15, 0.2) is 0 Å². The lowest BCUT2D eigenvalue weighted by Gasteiger charge is -2.10. The van der Waals surface area contributed by atoms with Gasteiger partial charge >= 0.3 is 0 Å². The Labute approximate surface area is 124 Å². The van der Waals surface area contributed by atoms with Gasteiger partial charge in [0.2, 0.25) is 0 Å². The minimum absolute atomic E-state index is 0.0119. The topological polar surface area (TPSA) is 29.1 Å². The maximum Gasteiger partial charge on any atom is 0.255 e. The number of halogens is 4. The van der Waals surface area contributed by atoms with Crippen LogP contribution < -0.4 is 5.32 Å². The Balaban J connectivity index is 2.30. The van der Waals surface area contributed by atoms with Crippen molar-refractivity contribution >= 4 is 34.8 Å². The molecule has 20 heavy (non-hydrogen) atoms. The van der Waals surface area contributed by atoms with Gasteiger partial charge in [-0.2, -0.15) is 0 Å². The molecule has 0 aliphatic carbocycles. The third kappa shape index (κ3) is 3.08. The van der Waals surface area contributed by atoms with E-state index in [1.54, 1.807) is 6.92 Å². The first kappa shape index (κ1) is 14.8. The second-order valence-electron chi connectivity index (χ2n) is 4.16. The second kappa shape index (κ2) is 5.77. The molecule has 2 nitrogen and oxygen atoms in total. The molecule has 6 heteroatoms. The van der Waals surface area contributed by atoms with Gasteiger partial charge in [-0.15, -0.1) is 0 Å². The van der Waals surface area contributed by atoms with Crippen LogP contribution in [0.25, 0.3) is 0 Å². The van der Waals surface area contributed by atoms with Gasteiger partial charge in [-0.25, -0.2) is 8.78 Å². The van der Waals surface area contributed by atoms with Crippen molar-refractivity contribution in [3.63, 3.8) is 0 Å². The van der Waals surface area contributed by atoms with Crippen LogP contribution in [0.4, 0.5) is 14.5 Å². The Kier molecular flexibility index (Phi) is 4.26. The Bertz CT molecular complexity index is 666. The molecule has 1 amide bonds. The number of benzene rings is 2. The molecule has 104 valence electrons. The summed E-state index contributed by atoms with van der Waals surface area (Å²) in [7, 11) is 0.